The van der Waals surface area contributed by atoms with E-state index in [9.17, 15) is 0 Å². The summed E-state index contributed by atoms with van der Waals surface area (Å²) in [5, 5.41) is 3.73. The summed E-state index contributed by atoms with van der Waals surface area (Å²) in [6.45, 7) is 3.37. The highest BCUT2D eigenvalue weighted by molar-refractivity contribution is 7.99. The van der Waals surface area contributed by atoms with Crippen molar-refractivity contribution in [1.29, 1.82) is 0 Å². The zero-order chi connectivity index (χ0) is 13.5. The molecular weight excluding hydrogens is 294 g/mol. The van der Waals surface area contributed by atoms with Crippen molar-refractivity contribution in [2.45, 2.75) is 45.1 Å². The predicted octanol–water partition coefficient (Wildman–Crippen LogP) is 4.85. The third-order valence-corrected chi connectivity index (χ3v) is 6.02. The van der Waals surface area contributed by atoms with Crippen molar-refractivity contribution in [1.82, 2.24) is 5.32 Å². The Morgan fingerprint density at radius 1 is 1.37 bits per heavy atom. The summed E-state index contributed by atoms with van der Waals surface area (Å²) in [6, 6.07) is 4.84. The van der Waals surface area contributed by atoms with E-state index in [0.29, 0.717) is 6.04 Å². The monoisotopic (exact) mass is 317 g/mol. The summed E-state index contributed by atoms with van der Waals surface area (Å²) < 4.78 is 0.915. The minimum atomic E-state index is 0.628. The zero-order valence-corrected chi connectivity index (χ0v) is 14.0. The van der Waals surface area contributed by atoms with Gasteiger partial charge in [-0.2, -0.15) is 11.8 Å². The van der Waals surface area contributed by atoms with Crippen LogP contribution in [0.4, 0.5) is 0 Å². The average molecular weight is 318 g/mol. The molecule has 2 heterocycles. The van der Waals surface area contributed by atoms with Crippen LogP contribution in [0.25, 0.3) is 0 Å². The fourth-order valence-corrected chi connectivity index (χ4v) is 5.05. The van der Waals surface area contributed by atoms with Gasteiger partial charge in [0.15, 0.2) is 0 Å². The van der Waals surface area contributed by atoms with Gasteiger partial charge in [0.05, 0.1) is 4.34 Å². The smallest absolute Gasteiger partial charge is 0.0931 e. The van der Waals surface area contributed by atoms with Crippen molar-refractivity contribution in [3.63, 3.8) is 0 Å². The van der Waals surface area contributed by atoms with Gasteiger partial charge in [0.1, 0.15) is 0 Å². The topological polar surface area (TPSA) is 12.0 Å². The van der Waals surface area contributed by atoms with Gasteiger partial charge in [0, 0.05) is 10.9 Å². The van der Waals surface area contributed by atoms with Gasteiger partial charge in [-0.05, 0) is 68.2 Å². The van der Waals surface area contributed by atoms with Crippen LogP contribution >= 0.6 is 34.7 Å². The molecule has 4 heteroatoms. The van der Waals surface area contributed by atoms with Crippen molar-refractivity contribution in [2.75, 3.05) is 18.1 Å². The summed E-state index contributed by atoms with van der Waals surface area (Å²) >= 11 is 9.88. The second-order valence-electron chi connectivity index (χ2n) is 5.35. The van der Waals surface area contributed by atoms with Gasteiger partial charge in [-0.3, -0.25) is 0 Å². The molecular formula is C15H24ClNS2. The molecule has 1 fully saturated rings. The molecule has 19 heavy (non-hydrogen) atoms. The molecule has 0 aliphatic carbocycles. The fourth-order valence-electron chi connectivity index (χ4n) is 2.68. The third kappa shape index (κ3) is 5.66. The molecule has 1 aromatic rings. The molecule has 0 amide bonds. The lowest BCUT2D eigenvalue weighted by Crippen LogP contribution is -2.34. The summed E-state index contributed by atoms with van der Waals surface area (Å²) in [4.78, 5) is 1.42. The van der Waals surface area contributed by atoms with Crippen LogP contribution in [0.2, 0.25) is 4.34 Å². The first-order valence-electron chi connectivity index (χ1n) is 7.33. The van der Waals surface area contributed by atoms with Crippen LogP contribution in [0.15, 0.2) is 12.1 Å². The van der Waals surface area contributed by atoms with Crippen molar-refractivity contribution in [3.05, 3.63) is 21.3 Å². The average Bonchev–Trinajstić information content (AvgIpc) is 2.82. The maximum Gasteiger partial charge on any atom is 0.0931 e. The molecule has 1 aromatic heterocycles. The number of rotatable bonds is 7. The van der Waals surface area contributed by atoms with Crippen molar-refractivity contribution in [3.8, 4) is 0 Å². The standard InChI is InChI=1S/C15H24ClNS2/c1-2-7-17-13(10-12-5-8-18-9-6-12)11-14-3-4-15(16)19-14/h3-4,12-13,17H,2,5-11H2,1H3. The predicted molar refractivity (Wildman–Crippen MR) is 89.8 cm³/mol. The molecule has 1 unspecified atom stereocenters. The lowest BCUT2D eigenvalue weighted by molar-refractivity contribution is 0.363. The number of thiophene rings is 1. The zero-order valence-electron chi connectivity index (χ0n) is 11.7. The highest BCUT2D eigenvalue weighted by Gasteiger charge is 2.19. The van der Waals surface area contributed by atoms with Crippen LogP contribution in [-0.2, 0) is 6.42 Å². The van der Waals surface area contributed by atoms with E-state index in [1.807, 2.05) is 6.07 Å². The number of nitrogens with one attached hydrogen (secondary N) is 1. The molecule has 1 aliphatic heterocycles. The van der Waals surface area contributed by atoms with Crippen LogP contribution in [0.5, 0.6) is 0 Å². The Hall–Kier alpha value is 0.300. The molecule has 1 atom stereocenters. The number of hydrogen-bond acceptors (Lipinski definition) is 3. The SMILES string of the molecule is CCCNC(Cc1ccc(Cl)s1)CC1CCSCC1. The maximum absolute atomic E-state index is 6.04. The minimum absolute atomic E-state index is 0.628. The van der Waals surface area contributed by atoms with E-state index in [2.05, 4.69) is 30.1 Å². The summed E-state index contributed by atoms with van der Waals surface area (Å²) in [5.41, 5.74) is 0. The minimum Gasteiger partial charge on any atom is -0.314 e. The molecule has 1 N–H and O–H groups in total. The van der Waals surface area contributed by atoms with Gasteiger partial charge in [-0.25, -0.2) is 0 Å². The van der Waals surface area contributed by atoms with E-state index in [-0.39, 0.29) is 0 Å². The van der Waals surface area contributed by atoms with Gasteiger partial charge >= 0.3 is 0 Å². The number of hydrogen-bond donors (Lipinski definition) is 1. The first-order valence-corrected chi connectivity index (χ1v) is 9.68. The van der Waals surface area contributed by atoms with Gasteiger partial charge in [-0.15, -0.1) is 11.3 Å². The molecule has 0 aromatic carbocycles. The van der Waals surface area contributed by atoms with Gasteiger partial charge < -0.3 is 5.32 Å². The Kier molecular flexibility index (Phi) is 7.06. The summed E-state index contributed by atoms with van der Waals surface area (Å²) in [6.07, 6.45) is 6.49. The normalized spacial score (nSPS) is 18.6. The van der Waals surface area contributed by atoms with E-state index in [0.717, 1.165) is 23.2 Å². The molecule has 1 aliphatic rings. The highest BCUT2D eigenvalue weighted by atomic mass is 35.5. The molecule has 1 saturated heterocycles. The van der Waals surface area contributed by atoms with Crippen LogP contribution in [0.1, 0.15) is 37.5 Å². The van der Waals surface area contributed by atoms with Gasteiger partial charge in [0.25, 0.3) is 0 Å². The highest BCUT2D eigenvalue weighted by Crippen LogP contribution is 2.28. The molecule has 0 spiro atoms. The molecule has 108 valence electrons. The van der Waals surface area contributed by atoms with Gasteiger partial charge in [-0.1, -0.05) is 18.5 Å². The molecule has 0 saturated carbocycles. The second-order valence-corrected chi connectivity index (χ2v) is 8.38. The number of thioether (sulfide) groups is 1. The Bertz CT molecular complexity index is 361. The van der Waals surface area contributed by atoms with E-state index in [1.165, 1.54) is 42.1 Å². The summed E-state index contributed by atoms with van der Waals surface area (Å²) in [7, 11) is 0. The lowest BCUT2D eigenvalue weighted by Gasteiger charge is -2.27. The first-order chi connectivity index (χ1) is 9.28. The Morgan fingerprint density at radius 2 is 2.16 bits per heavy atom. The fraction of sp³-hybridized carbons (Fsp3) is 0.733. The molecule has 0 bridgehead atoms. The van der Waals surface area contributed by atoms with E-state index < -0.39 is 0 Å². The van der Waals surface area contributed by atoms with Crippen molar-refractivity contribution in [2.24, 2.45) is 5.92 Å². The van der Waals surface area contributed by atoms with Crippen LogP contribution in [-0.4, -0.2) is 24.1 Å². The molecule has 2 rings (SSSR count). The Balaban J connectivity index is 1.86. The summed E-state index contributed by atoms with van der Waals surface area (Å²) in [5.74, 6) is 3.64. The quantitative estimate of drug-likeness (QED) is 0.772. The molecule has 0 radical (unpaired) electrons. The Morgan fingerprint density at radius 3 is 2.79 bits per heavy atom. The van der Waals surface area contributed by atoms with Crippen LogP contribution in [0.3, 0.4) is 0 Å². The van der Waals surface area contributed by atoms with E-state index in [1.54, 1.807) is 11.3 Å². The van der Waals surface area contributed by atoms with Crippen molar-refractivity contribution < 1.29 is 0 Å². The third-order valence-electron chi connectivity index (χ3n) is 3.72. The van der Waals surface area contributed by atoms with E-state index in [4.69, 9.17) is 11.6 Å². The first kappa shape index (κ1) is 15.7. The van der Waals surface area contributed by atoms with Crippen LogP contribution < -0.4 is 5.32 Å². The largest absolute Gasteiger partial charge is 0.314 e. The van der Waals surface area contributed by atoms with E-state index >= 15 is 0 Å². The van der Waals surface area contributed by atoms with Crippen LogP contribution in [0, 0.1) is 5.92 Å². The number of halogens is 1. The van der Waals surface area contributed by atoms with Crippen molar-refractivity contribution >= 4 is 34.7 Å². The maximum atomic E-state index is 6.04. The molecule has 1 nitrogen and oxygen atoms in total. The Labute approximate surface area is 130 Å². The second kappa shape index (κ2) is 8.56. The lowest BCUT2D eigenvalue weighted by atomic mass is 9.92. The van der Waals surface area contributed by atoms with Gasteiger partial charge in [0.2, 0.25) is 0 Å².